The van der Waals surface area contributed by atoms with Gasteiger partial charge in [0.2, 0.25) is 5.91 Å². The summed E-state index contributed by atoms with van der Waals surface area (Å²) in [5.74, 6) is 0.381. The molecule has 0 unspecified atom stereocenters. The van der Waals surface area contributed by atoms with E-state index in [2.05, 4.69) is 46.7 Å². The van der Waals surface area contributed by atoms with Crippen LogP contribution < -0.4 is 5.32 Å². The molecule has 0 bridgehead atoms. The Kier molecular flexibility index (Phi) is 5.76. The molecule has 1 aromatic heterocycles. The quantitative estimate of drug-likeness (QED) is 0.829. The van der Waals surface area contributed by atoms with E-state index in [-0.39, 0.29) is 11.9 Å². The number of aromatic nitrogens is 2. The third-order valence-electron chi connectivity index (χ3n) is 3.10. The molecule has 1 N–H and O–H groups in total. The van der Waals surface area contributed by atoms with Crippen molar-refractivity contribution in [1.29, 1.82) is 0 Å². The normalized spacial score (nSPS) is 12.1. The van der Waals surface area contributed by atoms with Crippen molar-refractivity contribution in [2.45, 2.75) is 37.6 Å². The molecule has 0 aliphatic rings. The topological polar surface area (TPSA) is 54.9 Å². The molecule has 1 heterocycles. The highest BCUT2D eigenvalue weighted by Gasteiger charge is 2.11. The van der Waals surface area contributed by atoms with Gasteiger partial charge in [-0.25, -0.2) is 0 Å². The van der Waals surface area contributed by atoms with Crippen molar-refractivity contribution < 1.29 is 4.79 Å². The van der Waals surface area contributed by atoms with E-state index in [0.29, 0.717) is 5.75 Å². The van der Waals surface area contributed by atoms with Gasteiger partial charge in [0.1, 0.15) is 5.01 Å². The number of carbonyl (C=O) groups is 1. The van der Waals surface area contributed by atoms with Gasteiger partial charge in [0.15, 0.2) is 4.34 Å². The molecule has 0 radical (unpaired) electrons. The summed E-state index contributed by atoms with van der Waals surface area (Å²) in [6.45, 7) is 6.04. The molecule has 4 nitrogen and oxygen atoms in total. The van der Waals surface area contributed by atoms with Crippen molar-refractivity contribution in [3.05, 3.63) is 40.4 Å². The molecule has 0 spiro atoms. The van der Waals surface area contributed by atoms with E-state index in [1.807, 2.05) is 13.8 Å². The Balaban J connectivity index is 1.83. The van der Waals surface area contributed by atoms with Gasteiger partial charge >= 0.3 is 0 Å². The van der Waals surface area contributed by atoms with E-state index in [1.54, 1.807) is 0 Å². The average Bonchev–Trinajstić information content (AvgIpc) is 2.91. The van der Waals surface area contributed by atoms with E-state index >= 15 is 0 Å². The molecule has 112 valence electrons. The molecular weight excluding hydrogens is 302 g/mol. The predicted octanol–water partition coefficient (Wildman–Crippen LogP) is 3.38. The number of thioether (sulfide) groups is 1. The molecule has 0 saturated carbocycles. The maximum atomic E-state index is 12.0. The molecule has 0 fully saturated rings. The van der Waals surface area contributed by atoms with Crippen LogP contribution in [0.4, 0.5) is 0 Å². The lowest BCUT2D eigenvalue weighted by Gasteiger charge is -2.14. The molecular formula is C15H19N3OS2. The van der Waals surface area contributed by atoms with Gasteiger partial charge in [-0.05, 0) is 31.4 Å². The van der Waals surface area contributed by atoms with Crippen molar-refractivity contribution in [3.63, 3.8) is 0 Å². The van der Waals surface area contributed by atoms with Gasteiger partial charge in [0.25, 0.3) is 0 Å². The van der Waals surface area contributed by atoms with Crippen molar-refractivity contribution in [1.82, 2.24) is 15.5 Å². The van der Waals surface area contributed by atoms with E-state index in [4.69, 9.17) is 0 Å². The molecule has 2 rings (SSSR count). The SMILES string of the molecule is CCc1ccc([C@H](C)NC(=O)CSc2nnc(C)s2)cc1. The summed E-state index contributed by atoms with van der Waals surface area (Å²) in [4.78, 5) is 12.0. The minimum Gasteiger partial charge on any atom is -0.349 e. The first-order chi connectivity index (χ1) is 10.1. The maximum Gasteiger partial charge on any atom is 0.230 e. The zero-order valence-electron chi connectivity index (χ0n) is 12.4. The van der Waals surface area contributed by atoms with Gasteiger partial charge in [-0.3, -0.25) is 4.79 Å². The van der Waals surface area contributed by atoms with Crippen LogP contribution in [0.5, 0.6) is 0 Å². The molecule has 0 aliphatic heterocycles. The van der Waals surface area contributed by atoms with E-state index < -0.39 is 0 Å². The van der Waals surface area contributed by atoms with Crippen LogP contribution in [0, 0.1) is 6.92 Å². The van der Waals surface area contributed by atoms with E-state index in [1.165, 1.54) is 28.7 Å². The smallest absolute Gasteiger partial charge is 0.230 e. The lowest BCUT2D eigenvalue weighted by atomic mass is 10.1. The van der Waals surface area contributed by atoms with Crippen molar-refractivity contribution >= 4 is 29.0 Å². The lowest BCUT2D eigenvalue weighted by molar-refractivity contribution is -0.119. The fraction of sp³-hybridized carbons (Fsp3) is 0.400. The standard InChI is InChI=1S/C15H19N3OS2/c1-4-12-5-7-13(8-6-12)10(2)16-14(19)9-20-15-18-17-11(3)21-15/h5-8,10H,4,9H2,1-3H3,(H,16,19)/t10-/m0/s1. The fourth-order valence-electron chi connectivity index (χ4n) is 1.87. The second-order valence-electron chi connectivity index (χ2n) is 4.76. The number of rotatable bonds is 6. The summed E-state index contributed by atoms with van der Waals surface area (Å²) in [6.07, 6.45) is 1.03. The van der Waals surface area contributed by atoms with Crippen molar-refractivity contribution in [2.24, 2.45) is 0 Å². The summed E-state index contributed by atoms with van der Waals surface area (Å²) in [6, 6.07) is 8.38. The minimum atomic E-state index is 0.0138. The van der Waals surface area contributed by atoms with Crippen LogP contribution in [0.3, 0.4) is 0 Å². The largest absolute Gasteiger partial charge is 0.349 e. The Hall–Kier alpha value is -1.40. The number of nitrogens with one attached hydrogen (secondary N) is 1. The third kappa shape index (κ3) is 4.82. The van der Waals surface area contributed by atoms with Gasteiger partial charge < -0.3 is 5.32 Å². The summed E-state index contributed by atoms with van der Waals surface area (Å²) in [5.41, 5.74) is 2.43. The van der Waals surface area contributed by atoms with E-state index in [9.17, 15) is 4.79 Å². The number of hydrogen-bond donors (Lipinski definition) is 1. The number of benzene rings is 1. The first-order valence-electron chi connectivity index (χ1n) is 6.89. The van der Waals surface area contributed by atoms with E-state index in [0.717, 1.165) is 21.3 Å². The summed E-state index contributed by atoms with van der Waals surface area (Å²) in [7, 11) is 0. The number of hydrogen-bond acceptors (Lipinski definition) is 5. The van der Waals surface area contributed by atoms with Crippen LogP contribution in [-0.4, -0.2) is 21.9 Å². The van der Waals surface area contributed by atoms with Gasteiger partial charge in [-0.15, -0.1) is 10.2 Å². The number of nitrogens with zero attached hydrogens (tertiary/aromatic N) is 2. The molecule has 21 heavy (non-hydrogen) atoms. The van der Waals surface area contributed by atoms with Crippen LogP contribution in [0.25, 0.3) is 0 Å². The van der Waals surface area contributed by atoms with Crippen LogP contribution >= 0.6 is 23.1 Å². The Bertz CT molecular complexity index is 595. The first kappa shape index (κ1) is 16.0. The molecule has 1 amide bonds. The van der Waals surface area contributed by atoms with Crippen LogP contribution in [0.2, 0.25) is 0 Å². The Morgan fingerprint density at radius 1 is 1.33 bits per heavy atom. The summed E-state index contributed by atoms with van der Waals surface area (Å²) >= 11 is 2.94. The van der Waals surface area contributed by atoms with Crippen molar-refractivity contribution in [3.8, 4) is 0 Å². The number of carbonyl (C=O) groups excluding carboxylic acids is 1. The number of amides is 1. The van der Waals surface area contributed by atoms with Gasteiger partial charge in [0.05, 0.1) is 11.8 Å². The molecule has 2 aromatic rings. The predicted molar refractivity (Wildman–Crippen MR) is 87.7 cm³/mol. The monoisotopic (exact) mass is 321 g/mol. The second kappa shape index (κ2) is 7.56. The highest BCUT2D eigenvalue weighted by molar-refractivity contribution is 8.01. The lowest BCUT2D eigenvalue weighted by Crippen LogP contribution is -2.28. The summed E-state index contributed by atoms with van der Waals surface area (Å²) < 4.78 is 0.836. The average molecular weight is 321 g/mol. The molecule has 0 aliphatic carbocycles. The van der Waals surface area contributed by atoms with Crippen LogP contribution in [0.1, 0.15) is 36.0 Å². The summed E-state index contributed by atoms with van der Waals surface area (Å²) in [5, 5.41) is 11.9. The van der Waals surface area contributed by atoms with Crippen LogP contribution in [0.15, 0.2) is 28.6 Å². The van der Waals surface area contributed by atoms with Gasteiger partial charge in [0, 0.05) is 0 Å². The first-order valence-corrected chi connectivity index (χ1v) is 8.69. The van der Waals surface area contributed by atoms with Crippen LogP contribution in [-0.2, 0) is 11.2 Å². The molecule has 1 atom stereocenters. The minimum absolute atomic E-state index is 0.0138. The number of aryl methyl sites for hydroxylation is 2. The highest BCUT2D eigenvalue weighted by Crippen LogP contribution is 2.22. The van der Waals surface area contributed by atoms with Crippen molar-refractivity contribution in [2.75, 3.05) is 5.75 Å². The second-order valence-corrected chi connectivity index (χ2v) is 7.16. The highest BCUT2D eigenvalue weighted by atomic mass is 32.2. The maximum absolute atomic E-state index is 12.0. The Morgan fingerprint density at radius 2 is 2.05 bits per heavy atom. The molecule has 1 aromatic carbocycles. The zero-order chi connectivity index (χ0) is 15.2. The Labute approximate surface area is 133 Å². The van der Waals surface area contributed by atoms with Gasteiger partial charge in [-0.1, -0.05) is 54.3 Å². The zero-order valence-corrected chi connectivity index (χ0v) is 14.1. The van der Waals surface area contributed by atoms with Gasteiger partial charge in [-0.2, -0.15) is 0 Å². The molecule has 0 saturated heterocycles. The Morgan fingerprint density at radius 3 is 2.62 bits per heavy atom. The third-order valence-corrected chi connectivity index (χ3v) is 5.07. The fourth-order valence-corrected chi connectivity index (χ4v) is 3.50. The molecule has 6 heteroatoms.